The molecule has 1 atom stereocenters. The van der Waals surface area contributed by atoms with E-state index in [1.54, 1.807) is 6.92 Å². The molecule has 1 heterocycles. The molecule has 1 fully saturated rings. The van der Waals surface area contributed by atoms with E-state index in [0.29, 0.717) is 6.54 Å². The van der Waals surface area contributed by atoms with Crippen molar-refractivity contribution in [2.75, 3.05) is 26.3 Å². The highest BCUT2D eigenvalue weighted by molar-refractivity contribution is 5.69. The summed E-state index contributed by atoms with van der Waals surface area (Å²) in [4.78, 5) is 10.5. The fraction of sp³-hybridized carbons (Fsp3) is 0.909. The van der Waals surface area contributed by atoms with Crippen molar-refractivity contribution in [1.82, 2.24) is 5.32 Å². The molecule has 0 radical (unpaired) electrons. The van der Waals surface area contributed by atoms with Crippen LogP contribution in [0.4, 0.5) is 0 Å². The molecule has 88 valence electrons. The summed E-state index contributed by atoms with van der Waals surface area (Å²) in [5.74, 6) is -0.264. The van der Waals surface area contributed by atoms with Gasteiger partial charge in [-0.3, -0.25) is 4.79 Å². The van der Waals surface area contributed by atoms with Gasteiger partial charge in [0, 0.05) is 19.8 Å². The Hall–Kier alpha value is -0.610. The van der Waals surface area contributed by atoms with Crippen molar-refractivity contribution in [2.45, 2.75) is 26.2 Å². The second-order valence-electron chi connectivity index (χ2n) is 4.29. The lowest BCUT2D eigenvalue weighted by atomic mass is 9.96. The highest BCUT2D eigenvalue weighted by Gasteiger charge is 2.14. The van der Waals surface area contributed by atoms with Crippen molar-refractivity contribution in [3.63, 3.8) is 0 Å². The topological polar surface area (TPSA) is 58.6 Å². The third-order valence-electron chi connectivity index (χ3n) is 2.94. The molecule has 0 aromatic carbocycles. The molecule has 0 spiro atoms. The van der Waals surface area contributed by atoms with Crippen LogP contribution in [0.25, 0.3) is 0 Å². The van der Waals surface area contributed by atoms with Crippen LogP contribution in [0.15, 0.2) is 0 Å². The quantitative estimate of drug-likeness (QED) is 0.652. The summed E-state index contributed by atoms with van der Waals surface area (Å²) in [5, 5.41) is 11.9. The van der Waals surface area contributed by atoms with Gasteiger partial charge in [-0.05, 0) is 31.7 Å². The Bertz CT molecular complexity index is 190. The average Bonchev–Trinajstić information content (AvgIpc) is 2.25. The van der Waals surface area contributed by atoms with E-state index in [0.717, 1.165) is 44.9 Å². The molecule has 0 amide bonds. The predicted octanol–water partition coefficient (Wildman–Crippen LogP) is 1.11. The normalized spacial score (nSPS) is 20.1. The molecular formula is C11H21NO3. The number of hydrogen-bond donors (Lipinski definition) is 2. The first-order valence-electron chi connectivity index (χ1n) is 5.71. The maximum Gasteiger partial charge on any atom is 0.307 e. The van der Waals surface area contributed by atoms with Gasteiger partial charge < -0.3 is 15.2 Å². The largest absolute Gasteiger partial charge is 0.481 e. The third-order valence-corrected chi connectivity index (χ3v) is 2.94. The monoisotopic (exact) mass is 215 g/mol. The number of aliphatic carboxylic acids is 1. The summed E-state index contributed by atoms with van der Waals surface area (Å²) in [5.41, 5.74) is 0. The van der Waals surface area contributed by atoms with Crippen LogP contribution >= 0.6 is 0 Å². The Morgan fingerprint density at radius 3 is 2.80 bits per heavy atom. The predicted molar refractivity (Wildman–Crippen MR) is 57.8 cm³/mol. The molecule has 1 unspecified atom stereocenters. The Morgan fingerprint density at radius 2 is 2.20 bits per heavy atom. The van der Waals surface area contributed by atoms with Gasteiger partial charge in [0.1, 0.15) is 0 Å². The smallest absolute Gasteiger partial charge is 0.307 e. The van der Waals surface area contributed by atoms with Gasteiger partial charge in [0.05, 0.1) is 5.92 Å². The van der Waals surface area contributed by atoms with Crippen LogP contribution in [0.5, 0.6) is 0 Å². The van der Waals surface area contributed by atoms with Gasteiger partial charge in [0.25, 0.3) is 0 Å². The fourth-order valence-corrected chi connectivity index (χ4v) is 1.75. The van der Waals surface area contributed by atoms with Crippen LogP contribution < -0.4 is 5.32 Å². The van der Waals surface area contributed by atoms with Crippen molar-refractivity contribution < 1.29 is 14.6 Å². The summed E-state index contributed by atoms with van der Waals surface area (Å²) in [6.45, 7) is 4.98. The van der Waals surface area contributed by atoms with Crippen molar-refractivity contribution in [1.29, 1.82) is 0 Å². The summed E-state index contributed by atoms with van der Waals surface area (Å²) in [7, 11) is 0. The van der Waals surface area contributed by atoms with E-state index in [-0.39, 0.29) is 5.92 Å². The van der Waals surface area contributed by atoms with Crippen LogP contribution in [-0.4, -0.2) is 37.4 Å². The van der Waals surface area contributed by atoms with Crippen LogP contribution in [-0.2, 0) is 9.53 Å². The fourth-order valence-electron chi connectivity index (χ4n) is 1.75. The second-order valence-corrected chi connectivity index (χ2v) is 4.29. The molecule has 1 aliphatic rings. The number of nitrogens with one attached hydrogen (secondary N) is 1. The summed E-state index contributed by atoms with van der Waals surface area (Å²) in [6, 6.07) is 0. The zero-order valence-corrected chi connectivity index (χ0v) is 9.37. The molecule has 1 rings (SSSR count). The Kier molecular flexibility index (Phi) is 5.65. The minimum atomic E-state index is -0.728. The molecule has 0 saturated carbocycles. The summed E-state index contributed by atoms with van der Waals surface area (Å²) >= 11 is 0. The first-order valence-corrected chi connectivity index (χ1v) is 5.71. The van der Waals surface area contributed by atoms with Crippen LogP contribution in [0.1, 0.15) is 26.2 Å². The number of rotatable bonds is 6. The highest BCUT2D eigenvalue weighted by atomic mass is 16.5. The average molecular weight is 215 g/mol. The lowest BCUT2D eigenvalue weighted by molar-refractivity contribution is -0.140. The number of carboxylic acids is 1. The van der Waals surface area contributed by atoms with Crippen molar-refractivity contribution in [3.8, 4) is 0 Å². The van der Waals surface area contributed by atoms with Crippen molar-refractivity contribution in [2.24, 2.45) is 11.8 Å². The minimum Gasteiger partial charge on any atom is -0.481 e. The van der Waals surface area contributed by atoms with Gasteiger partial charge in [-0.1, -0.05) is 6.92 Å². The van der Waals surface area contributed by atoms with Crippen LogP contribution in [0.3, 0.4) is 0 Å². The lowest BCUT2D eigenvalue weighted by Gasteiger charge is -2.22. The molecule has 0 bridgehead atoms. The molecule has 15 heavy (non-hydrogen) atoms. The molecule has 0 aliphatic carbocycles. The van der Waals surface area contributed by atoms with Gasteiger partial charge in [0.15, 0.2) is 0 Å². The number of carbonyl (C=O) groups is 1. The van der Waals surface area contributed by atoms with E-state index < -0.39 is 5.97 Å². The standard InChI is InChI=1S/C11H21NO3/c1-9(11(13)14)8-12-5-2-10-3-6-15-7-4-10/h9-10,12H,2-8H2,1H3,(H,13,14). The highest BCUT2D eigenvalue weighted by Crippen LogP contribution is 2.17. The van der Waals surface area contributed by atoms with E-state index in [9.17, 15) is 4.79 Å². The number of hydrogen-bond acceptors (Lipinski definition) is 3. The van der Waals surface area contributed by atoms with Gasteiger partial charge in [-0.2, -0.15) is 0 Å². The summed E-state index contributed by atoms with van der Waals surface area (Å²) in [6.07, 6.45) is 3.43. The van der Waals surface area contributed by atoms with Gasteiger partial charge in [-0.25, -0.2) is 0 Å². The number of carboxylic acid groups (broad SMARTS) is 1. The first-order chi connectivity index (χ1) is 7.20. The Labute approximate surface area is 91.0 Å². The zero-order chi connectivity index (χ0) is 11.1. The molecule has 2 N–H and O–H groups in total. The lowest BCUT2D eigenvalue weighted by Crippen LogP contribution is -2.28. The SMILES string of the molecule is CC(CNCCC1CCOCC1)C(=O)O. The van der Waals surface area contributed by atoms with E-state index in [1.807, 2.05) is 0 Å². The molecule has 0 aromatic rings. The number of ether oxygens (including phenoxy) is 1. The van der Waals surface area contributed by atoms with E-state index in [2.05, 4.69) is 5.32 Å². The maximum atomic E-state index is 10.5. The minimum absolute atomic E-state index is 0.292. The molecule has 0 aromatic heterocycles. The van der Waals surface area contributed by atoms with Crippen molar-refractivity contribution in [3.05, 3.63) is 0 Å². The molecular weight excluding hydrogens is 194 g/mol. The van der Waals surface area contributed by atoms with E-state index >= 15 is 0 Å². The van der Waals surface area contributed by atoms with Crippen LogP contribution in [0.2, 0.25) is 0 Å². The molecule has 4 nitrogen and oxygen atoms in total. The Morgan fingerprint density at radius 1 is 1.53 bits per heavy atom. The maximum absolute atomic E-state index is 10.5. The van der Waals surface area contributed by atoms with Gasteiger partial charge in [-0.15, -0.1) is 0 Å². The van der Waals surface area contributed by atoms with Crippen LogP contribution in [0, 0.1) is 11.8 Å². The van der Waals surface area contributed by atoms with E-state index in [4.69, 9.17) is 9.84 Å². The summed E-state index contributed by atoms with van der Waals surface area (Å²) < 4.78 is 5.28. The third kappa shape index (κ3) is 5.14. The van der Waals surface area contributed by atoms with Gasteiger partial charge in [0.2, 0.25) is 0 Å². The molecule has 1 saturated heterocycles. The zero-order valence-electron chi connectivity index (χ0n) is 9.37. The van der Waals surface area contributed by atoms with E-state index in [1.165, 1.54) is 0 Å². The van der Waals surface area contributed by atoms with Gasteiger partial charge >= 0.3 is 5.97 Å². The second kappa shape index (κ2) is 6.80. The Balaban J connectivity index is 1.98. The first kappa shape index (κ1) is 12.5. The molecule has 1 aliphatic heterocycles. The molecule has 4 heteroatoms. The van der Waals surface area contributed by atoms with Crippen molar-refractivity contribution >= 4 is 5.97 Å².